The van der Waals surface area contributed by atoms with Gasteiger partial charge in [-0.3, -0.25) is 4.79 Å². The fourth-order valence-electron chi connectivity index (χ4n) is 3.52. The highest BCUT2D eigenvalue weighted by atomic mass is 32.2. The van der Waals surface area contributed by atoms with Gasteiger partial charge in [-0.05, 0) is 57.8 Å². The Labute approximate surface area is 184 Å². The van der Waals surface area contributed by atoms with Crippen molar-refractivity contribution in [3.05, 3.63) is 48.6 Å². The summed E-state index contributed by atoms with van der Waals surface area (Å²) in [6, 6.07) is 0.460. The number of rotatable bonds is 17. The van der Waals surface area contributed by atoms with Crippen molar-refractivity contribution in [1.29, 1.82) is 0 Å². The van der Waals surface area contributed by atoms with E-state index in [1.54, 1.807) is 0 Å². The molecule has 164 valence electrons. The van der Waals surface area contributed by atoms with Crippen LogP contribution in [0.15, 0.2) is 48.6 Å². The van der Waals surface area contributed by atoms with Crippen molar-refractivity contribution in [2.75, 3.05) is 12.3 Å². The minimum absolute atomic E-state index is 0.293. The van der Waals surface area contributed by atoms with Crippen LogP contribution in [-0.4, -0.2) is 28.5 Å². The predicted octanol–water partition coefficient (Wildman–Crippen LogP) is 8.47. The number of hydrogen-bond donors (Lipinski definition) is 0. The van der Waals surface area contributed by atoms with Gasteiger partial charge in [0, 0.05) is 18.3 Å². The lowest BCUT2D eigenvalue weighted by Crippen LogP contribution is -2.34. The number of unbranched alkanes of at least 4 members (excludes halogenated alkanes) is 7. The summed E-state index contributed by atoms with van der Waals surface area (Å²) in [4.78, 5) is 13.9. The van der Waals surface area contributed by atoms with Crippen molar-refractivity contribution in [2.24, 2.45) is 0 Å². The van der Waals surface area contributed by atoms with Gasteiger partial charge in [0.05, 0.1) is 0 Å². The zero-order valence-electron chi connectivity index (χ0n) is 18.9. The second-order valence-corrected chi connectivity index (χ2v) is 8.84. The molecule has 1 heterocycles. The van der Waals surface area contributed by atoms with E-state index in [9.17, 15) is 4.79 Å². The van der Waals surface area contributed by atoms with Crippen LogP contribution in [-0.2, 0) is 0 Å². The topological polar surface area (TPSA) is 20.3 Å². The Morgan fingerprint density at radius 3 is 1.97 bits per heavy atom. The summed E-state index contributed by atoms with van der Waals surface area (Å²) in [6.07, 6.45) is 32.3. The van der Waals surface area contributed by atoms with Crippen LogP contribution in [0, 0.1) is 0 Å². The molecule has 3 heteroatoms. The SMILES string of the molecule is CCCCC=CC=CC=CCCCCC=CCCCCC(CC)N1CCSC1=O. The first-order valence-corrected chi connectivity index (χ1v) is 12.8. The molecular weight excluding hydrogens is 374 g/mol. The minimum atomic E-state index is 0.293. The highest BCUT2D eigenvalue weighted by Gasteiger charge is 2.26. The molecule has 1 saturated heterocycles. The Morgan fingerprint density at radius 2 is 1.41 bits per heavy atom. The summed E-state index contributed by atoms with van der Waals surface area (Å²) in [5.41, 5.74) is 0. The second-order valence-electron chi connectivity index (χ2n) is 7.79. The van der Waals surface area contributed by atoms with Gasteiger partial charge in [-0.2, -0.15) is 0 Å². The van der Waals surface area contributed by atoms with E-state index in [0.717, 1.165) is 25.1 Å². The number of amides is 1. The minimum Gasteiger partial charge on any atom is -0.330 e. The first-order valence-electron chi connectivity index (χ1n) is 11.9. The van der Waals surface area contributed by atoms with E-state index in [2.05, 4.69) is 67.4 Å². The summed E-state index contributed by atoms with van der Waals surface area (Å²) in [5.74, 6) is 0.973. The van der Waals surface area contributed by atoms with Gasteiger partial charge in [-0.15, -0.1) is 0 Å². The van der Waals surface area contributed by atoms with Crippen LogP contribution in [0.1, 0.15) is 90.9 Å². The van der Waals surface area contributed by atoms with Crippen molar-refractivity contribution >= 4 is 17.0 Å². The van der Waals surface area contributed by atoms with E-state index in [-0.39, 0.29) is 0 Å². The van der Waals surface area contributed by atoms with Crippen LogP contribution in [0.4, 0.5) is 4.79 Å². The number of hydrogen-bond acceptors (Lipinski definition) is 2. The molecule has 1 fully saturated rings. The third-order valence-corrected chi connectivity index (χ3v) is 6.22. The van der Waals surface area contributed by atoms with Crippen LogP contribution in [0.25, 0.3) is 0 Å². The third kappa shape index (κ3) is 13.6. The van der Waals surface area contributed by atoms with Gasteiger partial charge in [0.1, 0.15) is 0 Å². The zero-order chi connectivity index (χ0) is 21.0. The van der Waals surface area contributed by atoms with Crippen LogP contribution < -0.4 is 0 Å². The Kier molecular flexibility index (Phi) is 16.7. The van der Waals surface area contributed by atoms with Crippen LogP contribution >= 0.6 is 11.8 Å². The lowest BCUT2D eigenvalue weighted by Gasteiger charge is -2.25. The van der Waals surface area contributed by atoms with Crippen molar-refractivity contribution in [2.45, 2.75) is 96.9 Å². The number of carbonyl (C=O) groups is 1. The predicted molar refractivity (Wildman–Crippen MR) is 132 cm³/mol. The molecule has 0 aromatic rings. The number of nitrogens with zero attached hydrogens (tertiary/aromatic N) is 1. The summed E-state index contributed by atoms with van der Waals surface area (Å²) in [5, 5.41) is 0.293. The molecule has 1 unspecified atom stereocenters. The summed E-state index contributed by atoms with van der Waals surface area (Å²) in [6.45, 7) is 5.38. The van der Waals surface area contributed by atoms with E-state index in [0.29, 0.717) is 11.3 Å². The first kappa shape index (κ1) is 25.8. The Bertz CT molecular complexity index is 521. The molecular formula is C26H43NOS. The maximum absolute atomic E-state index is 11.8. The molecule has 0 aliphatic carbocycles. The highest BCUT2D eigenvalue weighted by molar-refractivity contribution is 8.13. The van der Waals surface area contributed by atoms with Gasteiger partial charge in [-0.25, -0.2) is 0 Å². The molecule has 0 saturated carbocycles. The zero-order valence-corrected chi connectivity index (χ0v) is 19.7. The molecule has 0 radical (unpaired) electrons. The lowest BCUT2D eigenvalue weighted by molar-refractivity contribution is 0.200. The number of thioether (sulfide) groups is 1. The standard InChI is InChI=1S/C26H43NOS/c1-3-5-6-7-8-9-10-11-12-13-14-15-16-17-18-19-20-21-22-25(4-2)27-23-24-29-26(27)28/h7-12,17-18,25H,3-6,13-16,19-24H2,1-2H3. The molecule has 0 bridgehead atoms. The van der Waals surface area contributed by atoms with Gasteiger partial charge in [0.15, 0.2) is 0 Å². The fraction of sp³-hybridized carbons (Fsp3) is 0.654. The first-order chi connectivity index (χ1) is 14.3. The maximum atomic E-state index is 11.8. The summed E-state index contributed by atoms with van der Waals surface area (Å²) < 4.78 is 0. The normalized spacial score (nSPS) is 16.5. The van der Waals surface area contributed by atoms with E-state index >= 15 is 0 Å². The summed E-state index contributed by atoms with van der Waals surface area (Å²) >= 11 is 1.48. The van der Waals surface area contributed by atoms with Gasteiger partial charge < -0.3 is 4.90 Å². The monoisotopic (exact) mass is 417 g/mol. The quantitative estimate of drug-likeness (QED) is 0.134. The largest absolute Gasteiger partial charge is 0.330 e. The molecule has 0 N–H and O–H groups in total. The van der Waals surface area contributed by atoms with Gasteiger partial charge in [-0.1, -0.05) is 93.5 Å². The van der Waals surface area contributed by atoms with Crippen molar-refractivity contribution in [3.8, 4) is 0 Å². The molecule has 0 spiro atoms. The van der Waals surface area contributed by atoms with Crippen molar-refractivity contribution in [3.63, 3.8) is 0 Å². The second kappa shape index (κ2) is 18.8. The fourth-order valence-corrected chi connectivity index (χ4v) is 4.39. The van der Waals surface area contributed by atoms with E-state index in [1.807, 2.05) is 0 Å². The Hall–Kier alpha value is -1.22. The van der Waals surface area contributed by atoms with Gasteiger partial charge in [0.2, 0.25) is 0 Å². The van der Waals surface area contributed by atoms with E-state index in [1.165, 1.54) is 76.0 Å². The van der Waals surface area contributed by atoms with Crippen LogP contribution in [0.3, 0.4) is 0 Å². The Morgan fingerprint density at radius 1 is 0.828 bits per heavy atom. The van der Waals surface area contributed by atoms with Crippen molar-refractivity contribution in [1.82, 2.24) is 4.90 Å². The molecule has 1 aliphatic rings. The molecule has 29 heavy (non-hydrogen) atoms. The average Bonchev–Trinajstić information content (AvgIpc) is 3.15. The van der Waals surface area contributed by atoms with Crippen molar-refractivity contribution < 1.29 is 4.79 Å². The number of carbonyl (C=O) groups excluding carboxylic acids is 1. The van der Waals surface area contributed by atoms with Crippen LogP contribution in [0.2, 0.25) is 0 Å². The molecule has 0 aromatic carbocycles. The third-order valence-electron chi connectivity index (χ3n) is 5.35. The molecule has 1 rings (SSSR count). The molecule has 1 aliphatic heterocycles. The van der Waals surface area contributed by atoms with E-state index in [4.69, 9.17) is 0 Å². The number of allylic oxidation sites excluding steroid dienone is 8. The highest BCUT2D eigenvalue weighted by Crippen LogP contribution is 2.24. The average molecular weight is 418 g/mol. The molecule has 2 nitrogen and oxygen atoms in total. The van der Waals surface area contributed by atoms with E-state index < -0.39 is 0 Å². The molecule has 0 aromatic heterocycles. The molecule has 1 atom stereocenters. The maximum Gasteiger partial charge on any atom is 0.281 e. The molecule has 1 amide bonds. The van der Waals surface area contributed by atoms with Gasteiger partial charge >= 0.3 is 0 Å². The lowest BCUT2D eigenvalue weighted by atomic mass is 10.0. The smallest absolute Gasteiger partial charge is 0.281 e. The van der Waals surface area contributed by atoms with Crippen LogP contribution in [0.5, 0.6) is 0 Å². The Balaban J connectivity index is 1.93. The summed E-state index contributed by atoms with van der Waals surface area (Å²) in [7, 11) is 0. The van der Waals surface area contributed by atoms with Gasteiger partial charge in [0.25, 0.3) is 5.24 Å².